The molecule has 0 N–H and O–H groups in total. The topological polar surface area (TPSA) is 65.8 Å². The van der Waals surface area contributed by atoms with Gasteiger partial charge in [0.05, 0.1) is 5.56 Å². The van der Waals surface area contributed by atoms with Crippen LogP contribution < -0.4 is 0 Å². The first-order valence-corrected chi connectivity index (χ1v) is 3.22. The number of halogens is 3. The zero-order chi connectivity index (χ0) is 10.7. The van der Waals surface area contributed by atoms with Crippen molar-refractivity contribution in [3.8, 4) is 0 Å². The van der Waals surface area contributed by atoms with E-state index in [-0.39, 0.29) is 0 Å². The average molecular weight is 200 g/mol. The second-order valence-corrected chi connectivity index (χ2v) is 2.17. The van der Waals surface area contributed by atoms with E-state index in [0.717, 1.165) is 6.29 Å². The van der Waals surface area contributed by atoms with Gasteiger partial charge in [-0.15, -0.1) is 0 Å². The molecule has 71 valence electrons. The minimum Gasteiger partial charge on any atom is -0.285 e. The Balaban J connectivity index is 3.56. The molecule has 0 amide bonds. The summed E-state index contributed by atoms with van der Waals surface area (Å²) in [5, 5.41) is 2.60. The molecule has 0 aliphatic rings. The van der Waals surface area contributed by atoms with E-state index in [0.29, 0.717) is 6.07 Å². The molecular weight excluding hydrogens is 199 g/mol. The molecular formula is C7HF3N3O. The molecule has 0 bridgehead atoms. The predicted molar refractivity (Wildman–Crippen MR) is 39.9 cm³/mol. The minimum absolute atomic E-state index is 0.398. The Morgan fingerprint density at radius 2 is 2.00 bits per heavy atom. The van der Waals surface area contributed by atoms with Crippen molar-refractivity contribution in [3.63, 3.8) is 0 Å². The van der Waals surface area contributed by atoms with Crippen LogP contribution in [0.25, 0.3) is 10.4 Å². The Morgan fingerprint density at radius 1 is 1.36 bits per heavy atom. The summed E-state index contributed by atoms with van der Waals surface area (Å²) in [6, 6.07) is 0.398. The third-order valence-corrected chi connectivity index (χ3v) is 1.39. The van der Waals surface area contributed by atoms with E-state index in [1.54, 1.807) is 0 Å². The highest BCUT2D eigenvalue weighted by Crippen LogP contribution is 2.26. The van der Waals surface area contributed by atoms with Crippen molar-refractivity contribution in [2.24, 2.45) is 5.11 Å². The van der Waals surface area contributed by atoms with Crippen LogP contribution in [0.1, 0.15) is 5.56 Å². The van der Waals surface area contributed by atoms with E-state index >= 15 is 0 Å². The number of hydrogen-bond acceptors (Lipinski definition) is 2. The van der Waals surface area contributed by atoms with Crippen molar-refractivity contribution in [2.45, 2.75) is 0 Å². The van der Waals surface area contributed by atoms with Crippen LogP contribution in [0.2, 0.25) is 0 Å². The molecule has 0 unspecified atom stereocenters. The quantitative estimate of drug-likeness (QED) is 0.313. The van der Waals surface area contributed by atoms with Crippen molar-refractivity contribution in [1.82, 2.24) is 0 Å². The summed E-state index contributed by atoms with van der Waals surface area (Å²) in [5.41, 5.74) is 5.91. The lowest BCUT2D eigenvalue weighted by Crippen LogP contribution is -1.96. The van der Waals surface area contributed by atoms with Crippen molar-refractivity contribution < 1.29 is 18.0 Å². The highest BCUT2D eigenvalue weighted by atomic mass is 19.2. The third kappa shape index (κ3) is 1.53. The summed E-state index contributed by atoms with van der Waals surface area (Å²) in [6.45, 7) is 0. The van der Waals surface area contributed by atoms with E-state index in [2.05, 4.69) is 10.0 Å². The maximum Gasteiger partial charge on any atom is 0.236 e. The summed E-state index contributed by atoms with van der Waals surface area (Å²) in [7, 11) is 0. The monoisotopic (exact) mass is 200 g/mol. The Kier molecular flexibility index (Phi) is 2.73. The lowest BCUT2D eigenvalue weighted by atomic mass is 10.2. The molecule has 1 aromatic rings. The zero-order valence-corrected chi connectivity index (χ0v) is 6.46. The van der Waals surface area contributed by atoms with Gasteiger partial charge in [-0.2, -0.15) is 0 Å². The number of hydrogen-bond donors (Lipinski definition) is 0. The molecule has 0 saturated heterocycles. The molecule has 4 nitrogen and oxygen atoms in total. The highest BCUT2D eigenvalue weighted by Gasteiger charge is 2.17. The third-order valence-electron chi connectivity index (χ3n) is 1.39. The predicted octanol–water partition coefficient (Wildman–Crippen LogP) is 2.50. The highest BCUT2D eigenvalue weighted by molar-refractivity contribution is 5.76. The molecule has 0 saturated carbocycles. The molecule has 1 rings (SSSR count). The molecule has 0 heterocycles. The summed E-state index contributed by atoms with van der Waals surface area (Å²) in [5.74, 6) is -4.62. The zero-order valence-electron chi connectivity index (χ0n) is 6.46. The van der Waals surface area contributed by atoms with Gasteiger partial charge in [-0.3, -0.25) is 4.79 Å². The lowest BCUT2D eigenvalue weighted by Gasteiger charge is -2.00. The maximum absolute atomic E-state index is 12.8. The van der Waals surface area contributed by atoms with Gasteiger partial charge >= 0.3 is 0 Å². The van der Waals surface area contributed by atoms with E-state index in [1.165, 1.54) is 0 Å². The van der Waals surface area contributed by atoms with Gasteiger partial charge in [0, 0.05) is 4.91 Å². The van der Waals surface area contributed by atoms with E-state index < -0.39 is 28.7 Å². The summed E-state index contributed by atoms with van der Waals surface area (Å²) in [4.78, 5) is 12.1. The number of azide groups is 1. The van der Waals surface area contributed by atoms with Gasteiger partial charge in [0.15, 0.2) is 11.6 Å². The van der Waals surface area contributed by atoms with Crippen LogP contribution in [-0.2, 0) is 4.79 Å². The number of rotatable bonds is 2. The Hall–Kier alpha value is -2.01. The lowest BCUT2D eigenvalue weighted by molar-refractivity contribution is 0.492. The van der Waals surface area contributed by atoms with Gasteiger partial charge in [-0.25, -0.2) is 13.2 Å². The van der Waals surface area contributed by atoms with E-state index in [1.807, 2.05) is 0 Å². The molecule has 7 heteroatoms. The van der Waals surface area contributed by atoms with Crippen molar-refractivity contribution in [1.29, 1.82) is 0 Å². The van der Waals surface area contributed by atoms with Crippen molar-refractivity contribution >= 4 is 12.0 Å². The smallest absolute Gasteiger partial charge is 0.236 e. The normalized spacial score (nSPS) is 9.36. The second-order valence-electron chi connectivity index (χ2n) is 2.17. The maximum atomic E-state index is 12.8. The van der Waals surface area contributed by atoms with Crippen molar-refractivity contribution in [3.05, 3.63) is 39.5 Å². The number of nitrogens with zero attached hydrogens (tertiary/aromatic N) is 3. The number of benzene rings is 1. The minimum atomic E-state index is -1.71. The Labute approximate surface area is 75.6 Å². The Bertz CT molecular complexity index is 440. The van der Waals surface area contributed by atoms with Crippen LogP contribution in [0, 0.1) is 17.5 Å². The Morgan fingerprint density at radius 3 is 2.50 bits per heavy atom. The fourth-order valence-corrected chi connectivity index (χ4v) is 0.796. The van der Waals surface area contributed by atoms with Crippen LogP contribution in [-0.4, -0.2) is 6.29 Å². The fourth-order valence-electron chi connectivity index (χ4n) is 0.796. The molecule has 0 atom stereocenters. The summed E-state index contributed by atoms with van der Waals surface area (Å²) >= 11 is 0. The molecule has 14 heavy (non-hydrogen) atoms. The fraction of sp³-hybridized carbons (Fsp3) is 0. The molecule has 0 aliphatic heterocycles. The standard InChI is InChI=1S/C7HF3N3O/c8-4-1-3(2-14)5(9)6(10)7(4)12-13-11/h1H. The second kappa shape index (κ2) is 3.80. The van der Waals surface area contributed by atoms with Gasteiger partial charge in [-0.05, 0) is 11.6 Å². The first-order chi connectivity index (χ1) is 6.61. The first kappa shape index (κ1) is 10.1. The molecule has 0 aromatic heterocycles. The molecule has 0 spiro atoms. The number of carbonyl (C=O) groups excluding carboxylic acids is 1. The van der Waals surface area contributed by atoms with Crippen LogP contribution in [0.15, 0.2) is 11.2 Å². The van der Waals surface area contributed by atoms with Crippen LogP contribution >= 0.6 is 0 Å². The first-order valence-electron chi connectivity index (χ1n) is 3.22. The summed E-state index contributed by atoms with van der Waals surface area (Å²) in [6.07, 6.45) is 1.01. The largest absolute Gasteiger partial charge is 0.285 e. The molecule has 1 radical (unpaired) electrons. The average Bonchev–Trinajstić information content (AvgIpc) is 2.18. The summed E-state index contributed by atoms with van der Waals surface area (Å²) < 4.78 is 38.4. The van der Waals surface area contributed by atoms with E-state index in [9.17, 15) is 18.0 Å². The van der Waals surface area contributed by atoms with Crippen molar-refractivity contribution in [2.75, 3.05) is 0 Å². The molecule has 1 aromatic carbocycles. The molecule has 0 fully saturated rings. The van der Waals surface area contributed by atoms with Crippen LogP contribution in [0.4, 0.5) is 18.9 Å². The van der Waals surface area contributed by atoms with Gasteiger partial charge in [0.25, 0.3) is 0 Å². The van der Waals surface area contributed by atoms with Crippen LogP contribution in [0.3, 0.4) is 0 Å². The molecule has 0 aliphatic carbocycles. The van der Waals surface area contributed by atoms with E-state index in [4.69, 9.17) is 5.53 Å². The van der Waals surface area contributed by atoms with Gasteiger partial charge < -0.3 is 0 Å². The van der Waals surface area contributed by atoms with Gasteiger partial charge in [0.2, 0.25) is 6.29 Å². The SMILES string of the molecule is [N-]=[N+]=Nc1c(F)cc([C]=O)c(F)c1F. The van der Waals surface area contributed by atoms with Gasteiger partial charge in [0.1, 0.15) is 11.5 Å². The van der Waals surface area contributed by atoms with Crippen LogP contribution in [0.5, 0.6) is 0 Å². The van der Waals surface area contributed by atoms with Gasteiger partial charge in [-0.1, -0.05) is 5.11 Å².